The summed E-state index contributed by atoms with van der Waals surface area (Å²) >= 11 is 0. The molecule has 106 valence electrons. The summed E-state index contributed by atoms with van der Waals surface area (Å²) in [4.78, 5) is 26.9. The minimum atomic E-state index is -1.11. The molecule has 0 aromatic carbocycles. The number of rotatable bonds is 3. The van der Waals surface area contributed by atoms with E-state index in [0.29, 0.717) is 6.54 Å². The van der Waals surface area contributed by atoms with E-state index < -0.39 is 12.0 Å². The molecule has 6 nitrogen and oxygen atoms in total. The van der Waals surface area contributed by atoms with E-state index in [-0.39, 0.29) is 18.5 Å². The molecule has 2 atom stereocenters. The lowest BCUT2D eigenvalue weighted by Crippen LogP contribution is -2.51. The molecule has 2 N–H and O–H groups in total. The van der Waals surface area contributed by atoms with Crippen molar-refractivity contribution in [2.24, 2.45) is 0 Å². The van der Waals surface area contributed by atoms with Gasteiger partial charge in [0.25, 0.3) is 0 Å². The normalized spacial score (nSPS) is 22.2. The van der Waals surface area contributed by atoms with Crippen molar-refractivity contribution in [1.82, 2.24) is 15.1 Å². The number of carbonyl (C=O) groups is 2. The summed E-state index contributed by atoms with van der Waals surface area (Å²) in [6.45, 7) is 4.29. The number of hydrogen-bond donors (Lipinski definition) is 2. The molecule has 2 unspecified atom stereocenters. The molecule has 1 saturated heterocycles. The van der Waals surface area contributed by atoms with Crippen LogP contribution in [-0.2, 0) is 4.79 Å². The molecule has 1 rings (SSSR count). The van der Waals surface area contributed by atoms with E-state index in [9.17, 15) is 9.59 Å². The molecule has 1 aliphatic heterocycles. The monoisotopic (exact) mass is 267 g/mol. The fourth-order valence-electron chi connectivity index (χ4n) is 2.22. The number of nitrogens with zero attached hydrogens (tertiary/aromatic N) is 2. The first-order valence-corrected chi connectivity index (χ1v) is 6.37. The first-order chi connectivity index (χ1) is 8.95. The molecular formula is C13H21N3O3. The Morgan fingerprint density at radius 1 is 1.53 bits per heavy atom. The SMILES string of the molecule is C#CCC(NC(=O)N1CCCN(C)CC1C)C(=O)O. The van der Waals surface area contributed by atoms with Crippen molar-refractivity contribution in [3.63, 3.8) is 0 Å². The molecule has 1 fully saturated rings. The van der Waals surface area contributed by atoms with Gasteiger partial charge in [-0.05, 0) is 26.9 Å². The number of likely N-dealkylation sites (N-methyl/N-ethyl adjacent to an activating group) is 1. The van der Waals surface area contributed by atoms with E-state index in [1.807, 2.05) is 14.0 Å². The highest BCUT2D eigenvalue weighted by molar-refractivity contribution is 5.83. The summed E-state index contributed by atoms with van der Waals surface area (Å²) in [5.74, 6) is 1.16. The van der Waals surface area contributed by atoms with Crippen LogP contribution >= 0.6 is 0 Å². The number of aliphatic carboxylic acids is 1. The molecule has 6 heteroatoms. The number of amides is 2. The van der Waals surface area contributed by atoms with Gasteiger partial charge in [-0.3, -0.25) is 0 Å². The van der Waals surface area contributed by atoms with E-state index in [1.165, 1.54) is 0 Å². The van der Waals surface area contributed by atoms with Crippen LogP contribution in [0.4, 0.5) is 4.79 Å². The van der Waals surface area contributed by atoms with E-state index in [0.717, 1.165) is 19.5 Å². The highest BCUT2D eigenvalue weighted by Crippen LogP contribution is 2.09. The van der Waals surface area contributed by atoms with Crippen LogP contribution in [0.2, 0.25) is 0 Å². The topological polar surface area (TPSA) is 72.9 Å². The van der Waals surface area contributed by atoms with Gasteiger partial charge in [0.05, 0.1) is 0 Å². The van der Waals surface area contributed by atoms with Gasteiger partial charge in [-0.1, -0.05) is 0 Å². The number of urea groups is 1. The van der Waals surface area contributed by atoms with Crippen LogP contribution in [0.1, 0.15) is 19.8 Å². The molecule has 0 radical (unpaired) electrons. The smallest absolute Gasteiger partial charge is 0.327 e. The van der Waals surface area contributed by atoms with Gasteiger partial charge in [-0.15, -0.1) is 12.3 Å². The van der Waals surface area contributed by atoms with Crippen LogP contribution in [0, 0.1) is 12.3 Å². The predicted molar refractivity (Wildman–Crippen MR) is 71.7 cm³/mol. The van der Waals surface area contributed by atoms with Crippen molar-refractivity contribution in [2.75, 3.05) is 26.7 Å². The quantitative estimate of drug-likeness (QED) is 0.716. The van der Waals surface area contributed by atoms with Crippen LogP contribution < -0.4 is 5.32 Å². The largest absolute Gasteiger partial charge is 0.480 e. The van der Waals surface area contributed by atoms with E-state index in [1.54, 1.807) is 4.90 Å². The minimum Gasteiger partial charge on any atom is -0.480 e. The van der Waals surface area contributed by atoms with Crippen molar-refractivity contribution in [3.05, 3.63) is 0 Å². The molecule has 0 aromatic heterocycles. The minimum absolute atomic E-state index is 0.0107. The number of hydrogen-bond acceptors (Lipinski definition) is 3. The van der Waals surface area contributed by atoms with E-state index in [4.69, 9.17) is 11.5 Å². The van der Waals surface area contributed by atoms with Gasteiger partial charge < -0.3 is 20.2 Å². The maximum Gasteiger partial charge on any atom is 0.327 e. The zero-order valence-corrected chi connectivity index (χ0v) is 11.4. The second-order valence-corrected chi connectivity index (χ2v) is 4.91. The summed E-state index contributed by atoms with van der Waals surface area (Å²) < 4.78 is 0. The number of carbonyl (C=O) groups excluding carboxylic acids is 1. The van der Waals surface area contributed by atoms with Crippen molar-refractivity contribution in [2.45, 2.75) is 31.8 Å². The Labute approximate surface area is 113 Å². The Bertz CT molecular complexity index is 378. The molecule has 1 heterocycles. The van der Waals surface area contributed by atoms with Crippen LogP contribution in [0.25, 0.3) is 0 Å². The summed E-state index contributed by atoms with van der Waals surface area (Å²) in [7, 11) is 2.01. The molecular weight excluding hydrogens is 246 g/mol. The van der Waals surface area contributed by atoms with Gasteiger partial charge >= 0.3 is 12.0 Å². The molecule has 0 spiro atoms. The average Bonchev–Trinajstić information content (AvgIpc) is 2.49. The Morgan fingerprint density at radius 3 is 2.79 bits per heavy atom. The Morgan fingerprint density at radius 2 is 2.21 bits per heavy atom. The van der Waals surface area contributed by atoms with Gasteiger partial charge in [-0.25, -0.2) is 9.59 Å². The highest BCUT2D eigenvalue weighted by Gasteiger charge is 2.27. The van der Waals surface area contributed by atoms with Crippen molar-refractivity contribution in [1.29, 1.82) is 0 Å². The maximum atomic E-state index is 12.1. The predicted octanol–water partition coefficient (Wildman–Crippen LogP) is 0.199. The lowest BCUT2D eigenvalue weighted by Gasteiger charge is -2.29. The summed E-state index contributed by atoms with van der Waals surface area (Å²) in [5.41, 5.74) is 0. The fourth-order valence-corrected chi connectivity index (χ4v) is 2.22. The van der Waals surface area contributed by atoms with E-state index >= 15 is 0 Å². The average molecular weight is 267 g/mol. The molecule has 0 bridgehead atoms. The molecule has 1 aliphatic rings. The van der Waals surface area contributed by atoms with E-state index in [2.05, 4.69) is 16.1 Å². The van der Waals surface area contributed by atoms with Gasteiger partial charge in [0.2, 0.25) is 0 Å². The summed E-state index contributed by atoms with van der Waals surface area (Å²) in [6.07, 6.45) is 5.97. The lowest BCUT2D eigenvalue weighted by atomic mass is 10.2. The molecule has 2 amide bonds. The van der Waals surface area contributed by atoms with Crippen molar-refractivity contribution in [3.8, 4) is 12.3 Å². The zero-order chi connectivity index (χ0) is 14.4. The standard InChI is InChI=1S/C13H21N3O3/c1-4-6-11(12(17)18)14-13(19)16-8-5-7-15(3)9-10(16)2/h1,10-11H,5-9H2,2-3H3,(H,14,19)(H,17,18). The summed E-state index contributed by atoms with van der Waals surface area (Å²) in [6, 6.07) is -1.33. The maximum absolute atomic E-state index is 12.1. The van der Waals surface area contributed by atoms with Gasteiger partial charge in [0.1, 0.15) is 6.04 Å². The lowest BCUT2D eigenvalue weighted by molar-refractivity contribution is -0.139. The first-order valence-electron chi connectivity index (χ1n) is 6.37. The Hall–Kier alpha value is -1.74. The number of nitrogens with one attached hydrogen (secondary N) is 1. The third-order valence-corrected chi connectivity index (χ3v) is 3.23. The molecule has 19 heavy (non-hydrogen) atoms. The van der Waals surface area contributed by atoms with Crippen molar-refractivity contribution >= 4 is 12.0 Å². The Balaban J connectivity index is 2.65. The third-order valence-electron chi connectivity index (χ3n) is 3.23. The third kappa shape index (κ3) is 4.45. The van der Waals surface area contributed by atoms with Gasteiger partial charge in [-0.2, -0.15) is 0 Å². The molecule has 0 saturated carbocycles. The Kier molecular flexibility index (Phi) is 5.64. The first kappa shape index (κ1) is 15.3. The second kappa shape index (κ2) is 7.00. The fraction of sp³-hybridized carbons (Fsp3) is 0.692. The number of carboxylic acid groups (broad SMARTS) is 1. The van der Waals surface area contributed by atoms with Crippen LogP contribution in [-0.4, -0.2) is 65.7 Å². The summed E-state index contributed by atoms with van der Waals surface area (Å²) in [5, 5.41) is 11.5. The molecule has 0 aromatic rings. The number of carboxylic acids is 1. The molecule has 0 aliphatic carbocycles. The van der Waals surface area contributed by atoms with Gasteiger partial charge in [0.15, 0.2) is 0 Å². The second-order valence-electron chi connectivity index (χ2n) is 4.91. The number of terminal acetylenes is 1. The zero-order valence-electron chi connectivity index (χ0n) is 11.4. The highest BCUT2D eigenvalue weighted by atomic mass is 16.4. The van der Waals surface area contributed by atoms with Crippen molar-refractivity contribution < 1.29 is 14.7 Å². The van der Waals surface area contributed by atoms with Crippen LogP contribution in [0.3, 0.4) is 0 Å². The van der Waals surface area contributed by atoms with Crippen LogP contribution in [0.5, 0.6) is 0 Å². The van der Waals surface area contributed by atoms with Gasteiger partial charge in [0, 0.05) is 25.6 Å². The van der Waals surface area contributed by atoms with Crippen LogP contribution in [0.15, 0.2) is 0 Å².